The maximum atomic E-state index is 13.2. The second-order valence-electron chi connectivity index (χ2n) is 7.78. The van der Waals surface area contributed by atoms with Gasteiger partial charge in [-0.3, -0.25) is 0 Å². The lowest BCUT2D eigenvalue weighted by molar-refractivity contribution is 0.150. The Balaban J connectivity index is 1.87. The van der Waals surface area contributed by atoms with E-state index in [2.05, 4.69) is 10.3 Å². The molecule has 3 aromatic rings. The molecule has 1 N–H and O–H groups in total. The highest BCUT2D eigenvalue weighted by Crippen LogP contribution is 2.20. The number of nitrogens with zero attached hydrogens (tertiary/aromatic N) is 3. The number of carbonyl (C=O) groups excluding carboxylic acids is 1. The van der Waals surface area contributed by atoms with Crippen LogP contribution in [0.4, 0.5) is 10.5 Å². The number of benzene rings is 2. The summed E-state index contributed by atoms with van der Waals surface area (Å²) in [5.74, 6) is -0.181. The van der Waals surface area contributed by atoms with Gasteiger partial charge in [-0.2, -0.15) is 0 Å². The van der Waals surface area contributed by atoms with Crippen LogP contribution in [0.25, 0.3) is 0 Å². The Hall–Kier alpha value is -2.92. The summed E-state index contributed by atoms with van der Waals surface area (Å²) in [4.78, 5) is 18.8. The first-order valence-corrected chi connectivity index (χ1v) is 13.0. The van der Waals surface area contributed by atoms with Crippen molar-refractivity contribution in [1.82, 2.24) is 14.5 Å². The molecule has 2 aromatic carbocycles. The zero-order chi connectivity index (χ0) is 25.3. The molecule has 0 radical (unpaired) electrons. The standard InChI is InChI=1S/C24H29ClN4O5S/c1-33-13-11-28(23(30)27-21-10-6-9-20(25)15-21)17-22-16-26-24(29(22)12-14-34-2)35(31,32)18-19-7-4-3-5-8-19/h3-10,15-16H,11-14,17-18H2,1-2H3,(H,27,30). The molecule has 0 spiro atoms. The van der Waals surface area contributed by atoms with E-state index >= 15 is 0 Å². The number of rotatable bonds is 12. The summed E-state index contributed by atoms with van der Waals surface area (Å²) in [5.41, 5.74) is 1.77. The summed E-state index contributed by atoms with van der Waals surface area (Å²) in [6.07, 6.45) is 1.49. The van der Waals surface area contributed by atoms with Crippen molar-refractivity contribution in [2.45, 2.75) is 24.0 Å². The molecule has 3 rings (SSSR count). The summed E-state index contributed by atoms with van der Waals surface area (Å²) in [6, 6.07) is 15.4. The predicted molar refractivity (Wildman–Crippen MR) is 134 cm³/mol. The first-order valence-electron chi connectivity index (χ1n) is 10.9. The minimum absolute atomic E-state index is 0.0599. The highest BCUT2D eigenvalue weighted by atomic mass is 35.5. The number of hydrogen-bond donors (Lipinski definition) is 1. The van der Waals surface area contributed by atoms with E-state index in [1.165, 1.54) is 18.2 Å². The van der Waals surface area contributed by atoms with E-state index in [1.54, 1.807) is 60.2 Å². The van der Waals surface area contributed by atoms with Gasteiger partial charge in [0.2, 0.25) is 15.0 Å². The molecule has 0 atom stereocenters. The van der Waals surface area contributed by atoms with Gasteiger partial charge in [0.25, 0.3) is 0 Å². The number of halogens is 1. The van der Waals surface area contributed by atoms with E-state index in [0.717, 1.165) is 0 Å². The SMILES string of the molecule is COCCN(Cc1cnc(S(=O)(=O)Cc2ccccc2)n1CCOC)C(=O)Nc1cccc(Cl)c1. The van der Waals surface area contributed by atoms with Crippen LogP contribution in [0.2, 0.25) is 5.02 Å². The van der Waals surface area contributed by atoms with Crippen LogP contribution in [0, 0.1) is 0 Å². The van der Waals surface area contributed by atoms with Crippen LogP contribution in [-0.2, 0) is 38.2 Å². The number of aromatic nitrogens is 2. The predicted octanol–water partition coefficient (Wildman–Crippen LogP) is 3.84. The molecular formula is C24H29ClN4O5S. The molecule has 0 saturated carbocycles. The molecular weight excluding hydrogens is 492 g/mol. The lowest BCUT2D eigenvalue weighted by Gasteiger charge is -2.24. The maximum Gasteiger partial charge on any atom is 0.322 e. The maximum absolute atomic E-state index is 13.2. The minimum Gasteiger partial charge on any atom is -0.383 e. The van der Waals surface area contributed by atoms with Crippen molar-refractivity contribution in [1.29, 1.82) is 0 Å². The van der Waals surface area contributed by atoms with Gasteiger partial charge in [-0.15, -0.1) is 0 Å². The lowest BCUT2D eigenvalue weighted by Crippen LogP contribution is -2.37. The van der Waals surface area contributed by atoms with E-state index < -0.39 is 9.84 Å². The summed E-state index contributed by atoms with van der Waals surface area (Å²) in [6.45, 7) is 1.25. The molecule has 11 heteroatoms. The van der Waals surface area contributed by atoms with Gasteiger partial charge >= 0.3 is 6.03 Å². The molecule has 0 aliphatic rings. The minimum atomic E-state index is -3.74. The van der Waals surface area contributed by atoms with Crippen LogP contribution < -0.4 is 5.32 Å². The van der Waals surface area contributed by atoms with Gasteiger partial charge < -0.3 is 24.3 Å². The molecule has 9 nitrogen and oxygen atoms in total. The van der Waals surface area contributed by atoms with Gasteiger partial charge in [0.05, 0.1) is 37.4 Å². The number of amides is 2. The zero-order valence-electron chi connectivity index (χ0n) is 19.7. The molecule has 2 amide bonds. The Morgan fingerprint density at radius 1 is 1.09 bits per heavy atom. The number of sulfone groups is 1. The Morgan fingerprint density at radius 3 is 2.51 bits per heavy atom. The quantitative estimate of drug-likeness (QED) is 0.389. The first-order chi connectivity index (χ1) is 16.8. The summed E-state index contributed by atoms with van der Waals surface area (Å²) in [7, 11) is -0.656. The van der Waals surface area contributed by atoms with Gasteiger partial charge in [0.1, 0.15) is 0 Å². The Kier molecular flexibility index (Phi) is 9.67. The van der Waals surface area contributed by atoms with E-state index in [9.17, 15) is 13.2 Å². The van der Waals surface area contributed by atoms with Crippen LogP contribution in [0.3, 0.4) is 0 Å². The van der Waals surface area contributed by atoms with Gasteiger partial charge in [0, 0.05) is 38.0 Å². The fraction of sp³-hybridized carbons (Fsp3) is 0.333. The average molecular weight is 521 g/mol. The number of ether oxygens (including phenoxy) is 2. The highest BCUT2D eigenvalue weighted by Gasteiger charge is 2.25. The fourth-order valence-electron chi connectivity index (χ4n) is 3.46. The van der Waals surface area contributed by atoms with Crippen LogP contribution in [0.5, 0.6) is 0 Å². The number of imidazole rings is 1. The van der Waals surface area contributed by atoms with E-state index in [4.69, 9.17) is 21.1 Å². The molecule has 0 aliphatic carbocycles. The molecule has 0 aliphatic heterocycles. The third kappa shape index (κ3) is 7.53. The van der Waals surface area contributed by atoms with Crippen molar-refractivity contribution in [2.75, 3.05) is 39.3 Å². The largest absolute Gasteiger partial charge is 0.383 e. The number of hydrogen-bond acceptors (Lipinski definition) is 6. The topological polar surface area (TPSA) is 103 Å². The van der Waals surface area contributed by atoms with E-state index in [0.29, 0.717) is 28.6 Å². The third-order valence-corrected chi connectivity index (χ3v) is 7.01. The molecule has 0 bridgehead atoms. The highest BCUT2D eigenvalue weighted by molar-refractivity contribution is 7.90. The summed E-state index contributed by atoms with van der Waals surface area (Å²) in [5, 5.41) is 3.26. The zero-order valence-corrected chi connectivity index (χ0v) is 21.3. The molecule has 0 fully saturated rings. The Labute approximate surface area is 210 Å². The van der Waals surface area contributed by atoms with E-state index in [-0.39, 0.29) is 43.2 Å². The Bertz CT molecular complexity index is 1220. The van der Waals surface area contributed by atoms with Crippen LogP contribution >= 0.6 is 11.6 Å². The van der Waals surface area contributed by atoms with Crippen molar-refractivity contribution in [3.8, 4) is 0 Å². The normalized spacial score (nSPS) is 11.4. The number of carbonyl (C=O) groups is 1. The fourth-order valence-corrected chi connectivity index (χ4v) is 5.17. The Morgan fingerprint density at radius 2 is 1.83 bits per heavy atom. The van der Waals surface area contributed by atoms with Crippen LogP contribution in [-0.4, -0.2) is 62.9 Å². The van der Waals surface area contributed by atoms with Gasteiger partial charge in [-0.05, 0) is 23.8 Å². The summed E-state index contributed by atoms with van der Waals surface area (Å²) >= 11 is 6.03. The van der Waals surface area contributed by atoms with Crippen molar-refractivity contribution >= 4 is 33.2 Å². The molecule has 0 saturated heterocycles. The average Bonchev–Trinajstić information content (AvgIpc) is 3.24. The van der Waals surface area contributed by atoms with Crippen molar-refractivity contribution in [2.24, 2.45) is 0 Å². The van der Waals surface area contributed by atoms with Gasteiger partial charge in [-0.1, -0.05) is 48.0 Å². The lowest BCUT2D eigenvalue weighted by atomic mass is 10.2. The summed E-state index contributed by atoms with van der Waals surface area (Å²) < 4.78 is 38.4. The number of methoxy groups -OCH3 is 2. The first kappa shape index (κ1) is 26.7. The van der Waals surface area contributed by atoms with Crippen molar-refractivity contribution in [3.63, 3.8) is 0 Å². The number of urea groups is 1. The van der Waals surface area contributed by atoms with Gasteiger partial charge in [0.15, 0.2) is 0 Å². The number of anilines is 1. The monoisotopic (exact) mass is 520 g/mol. The third-order valence-electron chi connectivity index (χ3n) is 5.18. The van der Waals surface area contributed by atoms with Gasteiger partial charge in [-0.25, -0.2) is 18.2 Å². The molecule has 1 aromatic heterocycles. The van der Waals surface area contributed by atoms with Crippen molar-refractivity contribution in [3.05, 3.63) is 77.1 Å². The smallest absolute Gasteiger partial charge is 0.322 e. The molecule has 35 heavy (non-hydrogen) atoms. The van der Waals surface area contributed by atoms with E-state index in [1.807, 2.05) is 6.07 Å². The molecule has 188 valence electrons. The van der Waals surface area contributed by atoms with Crippen LogP contribution in [0.15, 0.2) is 66.0 Å². The van der Waals surface area contributed by atoms with Crippen molar-refractivity contribution < 1.29 is 22.7 Å². The molecule has 1 heterocycles. The second-order valence-corrected chi connectivity index (χ2v) is 10.1. The number of nitrogens with one attached hydrogen (secondary N) is 1. The molecule has 0 unspecified atom stereocenters. The second kappa shape index (κ2) is 12.7. The van der Waals surface area contributed by atoms with Crippen LogP contribution in [0.1, 0.15) is 11.3 Å².